The molecule has 0 aromatic carbocycles. The lowest BCUT2D eigenvalue weighted by atomic mass is 10.3. The van der Waals surface area contributed by atoms with Crippen LogP contribution in [0.4, 0.5) is 0 Å². The van der Waals surface area contributed by atoms with E-state index in [1.54, 1.807) is 0 Å². The maximum atomic E-state index is 10.6. The maximum absolute atomic E-state index is 10.6. The van der Waals surface area contributed by atoms with Gasteiger partial charge < -0.3 is 0 Å². The van der Waals surface area contributed by atoms with E-state index < -0.39 is 0 Å². The van der Waals surface area contributed by atoms with Gasteiger partial charge in [-0.25, -0.2) is 0 Å². The Morgan fingerprint density at radius 1 is 1.67 bits per heavy atom. The van der Waals surface area contributed by atoms with E-state index in [2.05, 4.69) is 31.9 Å². The van der Waals surface area contributed by atoms with Gasteiger partial charge in [0, 0.05) is 6.42 Å². The zero-order valence-corrected chi connectivity index (χ0v) is 8.67. The van der Waals surface area contributed by atoms with E-state index in [0.717, 1.165) is 0 Å². The second-order valence-electron chi connectivity index (χ2n) is 1.60. The van der Waals surface area contributed by atoms with Gasteiger partial charge in [0.1, 0.15) is 5.78 Å². The first-order chi connectivity index (χ1) is 4.16. The van der Waals surface area contributed by atoms with E-state index >= 15 is 0 Å². The SMILES string of the molecule is O=C(CBr)CCC(Cl)Br. The topological polar surface area (TPSA) is 17.1 Å². The lowest BCUT2D eigenvalue weighted by Crippen LogP contribution is -2.00. The third kappa shape index (κ3) is 6.81. The Bertz CT molecular complexity index is 95.0. The van der Waals surface area contributed by atoms with Gasteiger partial charge in [-0.2, -0.15) is 0 Å². The highest BCUT2D eigenvalue weighted by atomic mass is 79.9. The fourth-order valence-electron chi connectivity index (χ4n) is 0.337. The molecule has 1 nitrogen and oxygen atoms in total. The van der Waals surface area contributed by atoms with Gasteiger partial charge in [-0.15, -0.1) is 11.6 Å². The van der Waals surface area contributed by atoms with Crippen molar-refractivity contribution in [3.05, 3.63) is 0 Å². The molecule has 0 radical (unpaired) electrons. The lowest BCUT2D eigenvalue weighted by Gasteiger charge is -1.96. The van der Waals surface area contributed by atoms with Crippen LogP contribution < -0.4 is 0 Å². The third-order valence-electron chi connectivity index (χ3n) is 0.790. The normalized spacial score (nSPS) is 13.2. The Balaban J connectivity index is 3.17. The van der Waals surface area contributed by atoms with Crippen LogP contribution in [0.3, 0.4) is 0 Å². The first-order valence-electron chi connectivity index (χ1n) is 2.52. The molecule has 0 heterocycles. The standard InChI is InChI=1S/C5H7Br2ClO/c6-3-4(9)1-2-5(7)8/h5H,1-3H2. The molecule has 0 aliphatic heterocycles. The summed E-state index contributed by atoms with van der Waals surface area (Å²) in [6.07, 6.45) is 1.25. The number of hydrogen-bond acceptors (Lipinski definition) is 1. The number of rotatable bonds is 4. The van der Waals surface area contributed by atoms with Gasteiger partial charge in [-0.05, 0) is 6.42 Å². The number of Topliss-reactive ketones (excluding diaryl/α,β-unsaturated/α-hetero) is 1. The summed E-state index contributed by atoms with van der Waals surface area (Å²) in [4.78, 5) is 10.6. The Kier molecular flexibility index (Phi) is 6.27. The van der Waals surface area contributed by atoms with Crippen molar-refractivity contribution in [3.8, 4) is 0 Å². The zero-order valence-electron chi connectivity index (χ0n) is 4.74. The van der Waals surface area contributed by atoms with Gasteiger partial charge in [-0.3, -0.25) is 4.79 Å². The first-order valence-corrected chi connectivity index (χ1v) is 5.00. The van der Waals surface area contributed by atoms with Crippen molar-refractivity contribution in [2.45, 2.75) is 17.1 Å². The van der Waals surface area contributed by atoms with Crippen LogP contribution in [0.2, 0.25) is 0 Å². The highest BCUT2D eigenvalue weighted by Crippen LogP contribution is 2.12. The molecular formula is C5H7Br2ClO. The predicted octanol–water partition coefficient (Wildman–Crippen LogP) is 2.69. The monoisotopic (exact) mass is 276 g/mol. The minimum Gasteiger partial charge on any atom is -0.299 e. The number of halogens is 3. The van der Waals surface area contributed by atoms with Crippen LogP contribution in [0.1, 0.15) is 12.8 Å². The molecule has 0 amide bonds. The van der Waals surface area contributed by atoms with Crippen molar-refractivity contribution in [2.75, 3.05) is 5.33 Å². The average molecular weight is 278 g/mol. The molecule has 54 valence electrons. The molecule has 0 aliphatic carbocycles. The van der Waals surface area contributed by atoms with Crippen molar-refractivity contribution in [3.63, 3.8) is 0 Å². The molecule has 0 fully saturated rings. The number of carbonyl (C=O) groups excluding carboxylic acids is 1. The van der Waals surface area contributed by atoms with E-state index in [9.17, 15) is 4.79 Å². The second-order valence-corrected chi connectivity index (χ2v) is 4.32. The minimum atomic E-state index is -0.0690. The molecule has 0 spiro atoms. The molecule has 0 saturated heterocycles. The van der Waals surface area contributed by atoms with Gasteiger partial charge in [0.2, 0.25) is 0 Å². The predicted molar refractivity (Wildman–Crippen MR) is 46.6 cm³/mol. The summed E-state index contributed by atoms with van der Waals surface area (Å²) in [5.41, 5.74) is 0. The molecular weight excluding hydrogens is 271 g/mol. The second kappa shape index (κ2) is 5.69. The molecule has 0 aliphatic rings. The van der Waals surface area contributed by atoms with Crippen LogP contribution in [0.5, 0.6) is 0 Å². The van der Waals surface area contributed by atoms with Crippen LogP contribution in [0.25, 0.3) is 0 Å². The number of ketones is 1. The number of carbonyl (C=O) groups is 1. The summed E-state index contributed by atoms with van der Waals surface area (Å²) in [7, 11) is 0. The molecule has 0 aromatic heterocycles. The molecule has 4 heteroatoms. The molecule has 0 saturated carbocycles. The molecule has 0 bridgehead atoms. The quantitative estimate of drug-likeness (QED) is 0.723. The Morgan fingerprint density at radius 3 is 2.56 bits per heavy atom. The molecule has 1 unspecified atom stereocenters. The van der Waals surface area contributed by atoms with Crippen LogP contribution in [0.15, 0.2) is 0 Å². The largest absolute Gasteiger partial charge is 0.299 e. The summed E-state index contributed by atoms with van der Waals surface area (Å²) >= 11 is 11.7. The molecule has 0 N–H and O–H groups in total. The van der Waals surface area contributed by atoms with Crippen LogP contribution >= 0.6 is 43.5 Å². The van der Waals surface area contributed by atoms with Crippen molar-refractivity contribution in [1.29, 1.82) is 0 Å². The smallest absolute Gasteiger partial charge is 0.143 e. The number of hydrogen-bond donors (Lipinski definition) is 0. The summed E-state index contributed by atoms with van der Waals surface area (Å²) in [6, 6.07) is 0. The van der Waals surface area contributed by atoms with E-state index in [1.807, 2.05) is 0 Å². The van der Waals surface area contributed by atoms with E-state index in [0.29, 0.717) is 18.2 Å². The molecule has 9 heavy (non-hydrogen) atoms. The van der Waals surface area contributed by atoms with Crippen LogP contribution in [-0.2, 0) is 4.79 Å². The van der Waals surface area contributed by atoms with Gasteiger partial charge >= 0.3 is 0 Å². The summed E-state index contributed by atoms with van der Waals surface area (Å²) in [6.45, 7) is 0. The summed E-state index contributed by atoms with van der Waals surface area (Å²) in [5.74, 6) is 0.195. The van der Waals surface area contributed by atoms with Crippen molar-refractivity contribution in [2.24, 2.45) is 0 Å². The summed E-state index contributed by atoms with van der Waals surface area (Å²) < 4.78 is -0.0690. The fourth-order valence-corrected chi connectivity index (χ4v) is 0.955. The lowest BCUT2D eigenvalue weighted by molar-refractivity contribution is -0.116. The highest BCUT2D eigenvalue weighted by Gasteiger charge is 2.02. The van der Waals surface area contributed by atoms with Gasteiger partial charge in [0.15, 0.2) is 0 Å². The van der Waals surface area contributed by atoms with Crippen LogP contribution in [0, 0.1) is 0 Å². The zero-order chi connectivity index (χ0) is 7.28. The van der Waals surface area contributed by atoms with Gasteiger partial charge in [0.05, 0.1) is 9.62 Å². The van der Waals surface area contributed by atoms with Gasteiger partial charge in [0.25, 0.3) is 0 Å². The van der Waals surface area contributed by atoms with E-state index in [1.165, 1.54) is 0 Å². The van der Waals surface area contributed by atoms with Crippen LogP contribution in [-0.4, -0.2) is 15.4 Å². The fraction of sp³-hybridized carbons (Fsp3) is 0.800. The Labute approximate surface area is 76.4 Å². The van der Waals surface area contributed by atoms with E-state index in [-0.39, 0.29) is 10.1 Å². The van der Waals surface area contributed by atoms with Gasteiger partial charge in [-0.1, -0.05) is 31.9 Å². The summed E-state index contributed by atoms with van der Waals surface area (Å²) in [5, 5.41) is 0.434. The average Bonchev–Trinajstić information content (AvgIpc) is 1.83. The molecule has 1 atom stereocenters. The van der Waals surface area contributed by atoms with Crippen molar-refractivity contribution in [1.82, 2.24) is 0 Å². The first kappa shape index (κ1) is 9.92. The van der Waals surface area contributed by atoms with Crippen molar-refractivity contribution < 1.29 is 4.79 Å². The Hall–Kier alpha value is 0.920. The molecule has 0 aromatic rings. The maximum Gasteiger partial charge on any atom is 0.143 e. The Morgan fingerprint density at radius 2 is 2.22 bits per heavy atom. The molecule has 0 rings (SSSR count). The highest BCUT2D eigenvalue weighted by molar-refractivity contribution is 9.10. The van der Waals surface area contributed by atoms with Crippen molar-refractivity contribution >= 4 is 49.2 Å². The minimum absolute atomic E-state index is 0.0690. The number of alkyl halides is 3. The van der Waals surface area contributed by atoms with E-state index in [4.69, 9.17) is 11.6 Å². The third-order valence-corrected chi connectivity index (χ3v) is 2.09.